The van der Waals surface area contributed by atoms with E-state index >= 15 is 0 Å². The number of aromatic amines is 1. The van der Waals surface area contributed by atoms with Crippen molar-refractivity contribution in [3.63, 3.8) is 0 Å². The van der Waals surface area contributed by atoms with E-state index in [0.717, 1.165) is 43.1 Å². The number of hydrogen-bond acceptors (Lipinski definition) is 5. The van der Waals surface area contributed by atoms with Crippen molar-refractivity contribution in [1.29, 1.82) is 0 Å². The molecule has 1 aromatic heterocycles. The number of H-pyrrole nitrogens is 1. The molecular formula is C21H34N4O2. The van der Waals surface area contributed by atoms with Gasteiger partial charge in [0, 0.05) is 44.1 Å². The lowest BCUT2D eigenvalue weighted by Crippen LogP contribution is -2.27. The summed E-state index contributed by atoms with van der Waals surface area (Å²) in [5.41, 5.74) is 4.55. The molecule has 0 unspecified atom stereocenters. The number of nitrogens with one attached hydrogen (secondary N) is 2. The number of benzene rings is 1. The third-order valence-electron chi connectivity index (χ3n) is 4.34. The zero-order valence-corrected chi connectivity index (χ0v) is 17.3. The van der Waals surface area contributed by atoms with Crippen molar-refractivity contribution in [3.8, 4) is 17.0 Å². The summed E-state index contributed by atoms with van der Waals surface area (Å²) >= 11 is 0. The molecule has 0 amide bonds. The van der Waals surface area contributed by atoms with E-state index in [2.05, 4.69) is 59.5 Å². The molecule has 150 valence electrons. The van der Waals surface area contributed by atoms with Crippen molar-refractivity contribution in [2.24, 2.45) is 5.92 Å². The molecule has 1 heterocycles. The first-order chi connectivity index (χ1) is 13.0. The Hall–Kier alpha value is -1.89. The van der Waals surface area contributed by atoms with Gasteiger partial charge in [-0.15, -0.1) is 0 Å². The van der Waals surface area contributed by atoms with E-state index < -0.39 is 0 Å². The number of methoxy groups -OCH3 is 1. The van der Waals surface area contributed by atoms with Crippen LogP contribution in [0.1, 0.15) is 25.0 Å². The second-order valence-electron chi connectivity index (χ2n) is 7.41. The Balaban J connectivity index is 2.25. The molecule has 0 aliphatic rings. The van der Waals surface area contributed by atoms with E-state index in [1.165, 1.54) is 11.1 Å². The predicted octanol–water partition coefficient (Wildman–Crippen LogP) is 2.95. The van der Waals surface area contributed by atoms with Gasteiger partial charge in [-0.2, -0.15) is 5.10 Å². The van der Waals surface area contributed by atoms with Crippen LogP contribution in [0.2, 0.25) is 0 Å². The van der Waals surface area contributed by atoms with Crippen LogP contribution in [0.5, 0.6) is 5.75 Å². The standard InChI is InChI=1S/C21H34N4O2/c1-16(2)10-17-11-18(13-20(12-17)27-9-8-26-5)21-19(14-23-24-21)15-25(4)7-6-22-3/h11-14,16,22H,6-10,15H2,1-5H3,(H,23,24). The molecule has 1 aromatic carbocycles. The average Bonchev–Trinajstić information content (AvgIpc) is 3.07. The Morgan fingerprint density at radius 3 is 2.74 bits per heavy atom. The highest BCUT2D eigenvalue weighted by Crippen LogP contribution is 2.29. The molecular weight excluding hydrogens is 340 g/mol. The van der Waals surface area contributed by atoms with Crippen molar-refractivity contribution in [1.82, 2.24) is 20.4 Å². The van der Waals surface area contributed by atoms with Crippen molar-refractivity contribution < 1.29 is 9.47 Å². The predicted molar refractivity (Wildman–Crippen MR) is 110 cm³/mol. The Labute approximate surface area is 163 Å². The molecule has 0 fully saturated rings. The van der Waals surface area contributed by atoms with Crippen LogP contribution in [0.4, 0.5) is 0 Å². The molecule has 6 heteroatoms. The topological polar surface area (TPSA) is 62.4 Å². The molecule has 0 saturated carbocycles. The first kappa shape index (κ1) is 21.4. The fourth-order valence-corrected chi connectivity index (χ4v) is 3.07. The third-order valence-corrected chi connectivity index (χ3v) is 4.34. The SMILES string of the molecule is CNCCN(C)Cc1c[nH]nc1-c1cc(CC(C)C)cc(OCCOC)c1. The Kier molecular flexibility index (Phi) is 8.78. The summed E-state index contributed by atoms with van der Waals surface area (Å²) in [7, 11) is 5.79. The second kappa shape index (κ2) is 11.1. The Bertz CT molecular complexity index is 685. The summed E-state index contributed by atoms with van der Waals surface area (Å²) in [6.45, 7) is 8.38. The minimum absolute atomic E-state index is 0.543. The molecule has 27 heavy (non-hydrogen) atoms. The number of ether oxygens (including phenoxy) is 2. The summed E-state index contributed by atoms with van der Waals surface area (Å²) in [6, 6.07) is 6.44. The maximum absolute atomic E-state index is 5.90. The van der Waals surface area contributed by atoms with Crippen LogP contribution in [-0.2, 0) is 17.7 Å². The van der Waals surface area contributed by atoms with Crippen LogP contribution in [0, 0.1) is 5.92 Å². The van der Waals surface area contributed by atoms with Gasteiger partial charge < -0.3 is 19.7 Å². The first-order valence-electron chi connectivity index (χ1n) is 9.65. The van der Waals surface area contributed by atoms with E-state index in [-0.39, 0.29) is 0 Å². The second-order valence-corrected chi connectivity index (χ2v) is 7.41. The highest BCUT2D eigenvalue weighted by Gasteiger charge is 2.13. The van der Waals surface area contributed by atoms with Crippen molar-refractivity contribution >= 4 is 0 Å². The van der Waals surface area contributed by atoms with E-state index in [9.17, 15) is 0 Å². The first-order valence-corrected chi connectivity index (χ1v) is 9.65. The summed E-state index contributed by atoms with van der Waals surface area (Å²) in [5, 5.41) is 10.8. The number of rotatable bonds is 12. The molecule has 0 aliphatic heterocycles. The smallest absolute Gasteiger partial charge is 0.120 e. The maximum Gasteiger partial charge on any atom is 0.120 e. The number of hydrogen-bond donors (Lipinski definition) is 2. The minimum Gasteiger partial charge on any atom is -0.491 e. The lowest BCUT2D eigenvalue weighted by molar-refractivity contribution is 0.146. The van der Waals surface area contributed by atoms with Crippen LogP contribution in [0.3, 0.4) is 0 Å². The van der Waals surface area contributed by atoms with Crippen LogP contribution >= 0.6 is 0 Å². The molecule has 2 rings (SSSR count). The fraction of sp³-hybridized carbons (Fsp3) is 0.571. The molecule has 2 aromatic rings. The highest BCUT2D eigenvalue weighted by atomic mass is 16.5. The average molecular weight is 375 g/mol. The van der Waals surface area contributed by atoms with Crippen LogP contribution in [0.25, 0.3) is 11.3 Å². The molecule has 0 saturated heterocycles. The summed E-state index contributed by atoms with van der Waals surface area (Å²) in [4.78, 5) is 2.29. The highest BCUT2D eigenvalue weighted by molar-refractivity contribution is 5.65. The van der Waals surface area contributed by atoms with Gasteiger partial charge >= 0.3 is 0 Å². The largest absolute Gasteiger partial charge is 0.491 e. The molecule has 0 aliphatic carbocycles. The minimum atomic E-state index is 0.543. The van der Waals surface area contributed by atoms with Gasteiger partial charge in [-0.05, 0) is 50.2 Å². The molecule has 2 N–H and O–H groups in total. The lowest BCUT2D eigenvalue weighted by Gasteiger charge is -2.17. The normalized spacial score (nSPS) is 11.5. The molecule has 0 radical (unpaired) electrons. The van der Waals surface area contributed by atoms with Crippen molar-refractivity contribution in [3.05, 3.63) is 35.5 Å². The van der Waals surface area contributed by atoms with Crippen molar-refractivity contribution in [2.75, 3.05) is 47.5 Å². The van der Waals surface area contributed by atoms with Gasteiger partial charge in [0.2, 0.25) is 0 Å². The van der Waals surface area contributed by atoms with E-state index in [0.29, 0.717) is 19.1 Å². The van der Waals surface area contributed by atoms with Crippen LogP contribution in [0.15, 0.2) is 24.4 Å². The van der Waals surface area contributed by atoms with Gasteiger partial charge in [-0.1, -0.05) is 13.8 Å². The maximum atomic E-state index is 5.90. The Morgan fingerprint density at radius 2 is 2.04 bits per heavy atom. The number of aromatic nitrogens is 2. The van der Waals surface area contributed by atoms with E-state index in [1.54, 1.807) is 7.11 Å². The lowest BCUT2D eigenvalue weighted by atomic mass is 9.98. The van der Waals surface area contributed by atoms with E-state index in [1.807, 2.05) is 13.2 Å². The molecule has 6 nitrogen and oxygen atoms in total. The van der Waals surface area contributed by atoms with Gasteiger partial charge in [-0.3, -0.25) is 5.10 Å². The molecule has 0 atom stereocenters. The monoisotopic (exact) mass is 374 g/mol. The number of likely N-dealkylation sites (N-methyl/N-ethyl adjacent to an activating group) is 2. The van der Waals surface area contributed by atoms with Gasteiger partial charge in [0.05, 0.1) is 12.3 Å². The van der Waals surface area contributed by atoms with E-state index in [4.69, 9.17) is 9.47 Å². The zero-order valence-electron chi connectivity index (χ0n) is 17.3. The Morgan fingerprint density at radius 1 is 1.22 bits per heavy atom. The third kappa shape index (κ3) is 6.97. The van der Waals surface area contributed by atoms with Gasteiger partial charge in [0.25, 0.3) is 0 Å². The van der Waals surface area contributed by atoms with Crippen molar-refractivity contribution in [2.45, 2.75) is 26.8 Å². The summed E-state index contributed by atoms with van der Waals surface area (Å²) in [5.74, 6) is 1.45. The van der Waals surface area contributed by atoms with Gasteiger partial charge in [0.15, 0.2) is 0 Å². The molecule has 0 spiro atoms. The number of nitrogens with zero attached hydrogens (tertiary/aromatic N) is 2. The van der Waals surface area contributed by atoms with Gasteiger partial charge in [-0.25, -0.2) is 0 Å². The quantitative estimate of drug-likeness (QED) is 0.559. The summed E-state index contributed by atoms with van der Waals surface area (Å²) < 4.78 is 11.0. The van der Waals surface area contributed by atoms with Crippen LogP contribution in [-0.4, -0.2) is 62.6 Å². The summed E-state index contributed by atoms with van der Waals surface area (Å²) in [6.07, 6.45) is 3.00. The zero-order chi connectivity index (χ0) is 19.6. The van der Waals surface area contributed by atoms with Gasteiger partial charge in [0.1, 0.15) is 12.4 Å². The fourth-order valence-electron chi connectivity index (χ4n) is 3.07. The molecule has 0 bridgehead atoms. The van der Waals surface area contributed by atoms with Crippen LogP contribution < -0.4 is 10.1 Å².